The van der Waals surface area contributed by atoms with Crippen LogP contribution in [0.15, 0.2) is 24.3 Å². The lowest BCUT2D eigenvalue weighted by Gasteiger charge is -2.07. The second-order valence-electron chi connectivity index (χ2n) is 3.37. The van der Waals surface area contributed by atoms with Crippen LogP contribution >= 0.6 is 0 Å². The zero-order valence-electron chi connectivity index (χ0n) is 9.42. The largest absolute Gasteiger partial charge is 0.460 e. The number of ether oxygens (including phenoxy) is 1. The molecule has 0 radical (unpaired) electrons. The maximum absolute atomic E-state index is 11.5. The first-order valence-electron chi connectivity index (χ1n) is 5.20. The van der Waals surface area contributed by atoms with Crippen molar-refractivity contribution in [3.05, 3.63) is 35.4 Å². The summed E-state index contributed by atoms with van der Waals surface area (Å²) in [6.45, 7) is 1.36. The average Bonchev–Trinajstić information content (AvgIpc) is 2.37. The molecule has 1 atom stereocenters. The van der Waals surface area contributed by atoms with Crippen molar-refractivity contribution in [1.29, 1.82) is 0 Å². The highest BCUT2D eigenvalue weighted by Gasteiger charge is 2.17. The summed E-state index contributed by atoms with van der Waals surface area (Å²) in [5.41, 5.74) is 0.672. The van der Waals surface area contributed by atoms with Crippen LogP contribution in [0.2, 0.25) is 0 Å². The maximum Gasteiger partial charge on any atom is 0.379 e. The summed E-state index contributed by atoms with van der Waals surface area (Å²) in [4.78, 5) is 22.7. The predicted octanol–water partition coefficient (Wildman–Crippen LogP) is 0.458. The Labute approximate surface area is 98.6 Å². The van der Waals surface area contributed by atoms with Gasteiger partial charge in [-0.2, -0.15) is 0 Å². The first-order valence-corrected chi connectivity index (χ1v) is 5.20. The normalized spacial score (nSPS) is 11.9. The molecule has 0 bridgehead atoms. The first-order chi connectivity index (χ1) is 8.10. The van der Waals surface area contributed by atoms with Crippen LogP contribution in [-0.2, 0) is 9.53 Å². The van der Waals surface area contributed by atoms with Gasteiger partial charge in [0.05, 0.1) is 13.2 Å². The van der Waals surface area contributed by atoms with E-state index in [0.717, 1.165) is 0 Å². The standard InChI is InChI=1S/C12H14O5/c1-2-17-12(16)11(15)9-5-3-8(4-6-9)10(14)7-13/h3-6,10,13-14H,2,7H2,1H3. The molecule has 1 rings (SSSR count). The summed E-state index contributed by atoms with van der Waals surface area (Å²) in [5, 5.41) is 18.1. The van der Waals surface area contributed by atoms with E-state index in [0.29, 0.717) is 5.56 Å². The van der Waals surface area contributed by atoms with E-state index in [-0.39, 0.29) is 12.2 Å². The quantitative estimate of drug-likeness (QED) is 0.442. The molecule has 1 aromatic carbocycles. The Kier molecular flexibility index (Phi) is 4.81. The SMILES string of the molecule is CCOC(=O)C(=O)c1ccc(C(O)CO)cc1. The van der Waals surface area contributed by atoms with Crippen LogP contribution in [0.3, 0.4) is 0 Å². The number of hydrogen-bond acceptors (Lipinski definition) is 5. The van der Waals surface area contributed by atoms with Crippen LogP contribution in [0.4, 0.5) is 0 Å². The van der Waals surface area contributed by atoms with E-state index < -0.39 is 24.5 Å². The van der Waals surface area contributed by atoms with Crippen LogP contribution in [0.5, 0.6) is 0 Å². The molecule has 0 aliphatic rings. The van der Waals surface area contributed by atoms with Gasteiger partial charge in [-0.1, -0.05) is 24.3 Å². The van der Waals surface area contributed by atoms with Gasteiger partial charge in [0, 0.05) is 5.56 Å². The lowest BCUT2D eigenvalue weighted by molar-refractivity contribution is -0.137. The lowest BCUT2D eigenvalue weighted by atomic mass is 10.1. The minimum Gasteiger partial charge on any atom is -0.460 e. The number of hydrogen-bond donors (Lipinski definition) is 2. The first kappa shape index (κ1) is 13.3. The highest BCUT2D eigenvalue weighted by molar-refractivity contribution is 6.40. The van der Waals surface area contributed by atoms with E-state index in [1.54, 1.807) is 6.92 Å². The number of Topliss-reactive ketones (excluding diaryl/α,β-unsaturated/α-hetero) is 1. The fraction of sp³-hybridized carbons (Fsp3) is 0.333. The summed E-state index contributed by atoms with van der Waals surface area (Å²) in [7, 11) is 0. The molecule has 0 fully saturated rings. The van der Waals surface area contributed by atoms with Gasteiger partial charge in [0.15, 0.2) is 0 Å². The minimum absolute atomic E-state index is 0.145. The summed E-state index contributed by atoms with van der Waals surface area (Å²) >= 11 is 0. The second-order valence-corrected chi connectivity index (χ2v) is 3.37. The van der Waals surface area contributed by atoms with Crippen molar-refractivity contribution >= 4 is 11.8 Å². The van der Waals surface area contributed by atoms with Gasteiger partial charge in [0.1, 0.15) is 6.10 Å². The molecule has 0 saturated heterocycles. The fourth-order valence-electron chi connectivity index (χ4n) is 1.28. The second kappa shape index (κ2) is 6.12. The number of carbonyl (C=O) groups is 2. The monoisotopic (exact) mass is 238 g/mol. The van der Waals surface area contributed by atoms with Gasteiger partial charge in [-0.3, -0.25) is 4.79 Å². The van der Waals surface area contributed by atoms with E-state index >= 15 is 0 Å². The predicted molar refractivity (Wildman–Crippen MR) is 59.5 cm³/mol. The number of ketones is 1. The smallest absolute Gasteiger partial charge is 0.379 e. The number of benzene rings is 1. The maximum atomic E-state index is 11.5. The number of aliphatic hydroxyl groups excluding tert-OH is 2. The third-order valence-electron chi connectivity index (χ3n) is 2.19. The van der Waals surface area contributed by atoms with Crippen LogP contribution in [-0.4, -0.2) is 35.2 Å². The molecule has 0 aromatic heterocycles. The Morgan fingerprint density at radius 3 is 2.35 bits per heavy atom. The Bertz CT molecular complexity index is 396. The topological polar surface area (TPSA) is 83.8 Å². The van der Waals surface area contributed by atoms with Crippen molar-refractivity contribution in [3.63, 3.8) is 0 Å². The van der Waals surface area contributed by atoms with Crippen molar-refractivity contribution in [2.24, 2.45) is 0 Å². The van der Waals surface area contributed by atoms with Gasteiger partial charge in [0.2, 0.25) is 0 Å². The number of rotatable bonds is 5. The van der Waals surface area contributed by atoms with Crippen molar-refractivity contribution < 1.29 is 24.5 Å². The van der Waals surface area contributed by atoms with E-state index in [9.17, 15) is 14.7 Å². The van der Waals surface area contributed by atoms with Gasteiger partial charge in [-0.05, 0) is 12.5 Å². The zero-order chi connectivity index (χ0) is 12.8. The third kappa shape index (κ3) is 3.37. The van der Waals surface area contributed by atoms with Gasteiger partial charge < -0.3 is 14.9 Å². The summed E-state index contributed by atoms with van der Waals surface area (Å²) in [5.74, 6) is -1.63. The van der Waals surface area contributed by atoms with E-state index in [4.69, 9.17) is 5.11 Å². The molecule has 0 aliphatic carbocycles. The van der Waals surface area contributed by atoms with Crippen molar-refractivity contribution in [1.82, 2.24) is 0 Å². The summed E-state index contributed by atoms with van der Waals surface area (Å²) in [6, 6.07) is 5.78. The molecule has 92 valence electrons. The number of carbonyl (C=O) groups excluding carboxylic acids is 2. The van der Waals surface area contributed by atoms with Crippen molar-refractivity contribution in [3.8, 4) is 0 Å². The van der Waals surface area contributed by atoms with Crippen molar-refractivity contribution in [2.45, 2.75) is 13.0 Å². The molecule has 1 aromatic rings. The molecular weight excluding hydrogens is 224 g/mol. The molecule has 1 unspecified atom stereocenters. The molecule has 5 nitrogen and oxygen atoms in total. The van der Waals surface area contributed by atoms with E-state index in [1.807, 2.05) is 0 Å². The Hall–Kier alpha value is -1.72. The highest BCUT2D eigenvalue weighted by Crippen LogP contribution is 2.13. The number of aliphatic hydroxyl groups is 2. The van der Waals surface area contributed by atoms with Gasteiger partial charge in [-0.15, -0.1) is 0 Å². The van der Waals surface area contributed by atoms with Gasteiger partial charge >= 0.3 is 5.97 Å². The summed E-state index contributed by atoms with van der Waals surface area (Å²) < 4.78 is 4.58. The minimum atomic E-state index is -0.984. The molecule has 0 spiro atoms. The Morgan fingerprint density at radius 2 is 1.88 bits per heavy atom. The molecule has 17 heavy (non-hydrogen) atoms. The van der Waals surface area contributed by atoms with E-state index in [1.165, 1.54) is 24.3 Å². The molecular formula is C12H14O5. The van der Waals surface area contributed by atoms with Crippen LogP contribution in [0.1, 0.15) is 28.9 Å². The number of esters is 1. The van der Waals surface area contributed by atoms with Crippen LogP contribution < -0.4 is 0 Å². The highest BCUT2D eigenvalue weighted by atomic mass is 16.5. The summed E-state index contributed by atoms with van der Waals surface area (Å²) in [6.07, 6.45) is -0.984. The van der Waals surface area contributed by atoms with Gasteiger partial charge in [0.25, 0.3) is 5.78 Å². The van der Waals surface area contributed by atoms with Crippen LogP contribution in [0.25, 0.3) is 0 Å². The molecule has 0 heterocycles. The molecule has 0 amide bonds. The Balaban J connectivity index is 2.80. The molecule has 2 N–H and O–H groups in total. The van der Waals surface area contributed by atoms with Crippen LogP contribution in [0, 0.1) is 0 Å². The average molecular weight is 238 g/mol. The molecule has 0 saturated carbocycles. The molecule has 0 aliphatic heterocycles. The van der Waals surface area contributed by atoms with Gasteiger partial charge in [-0.25, -0.2) is 4.79 Å². The zero-order valence-corrected chi connectivity index (χ0v) is 9.42. The lowest BCUT2D eigenvalue weighted by Crippen LogP contribution is -2.17. The Morgan fingerprint density at radius 1 is 1.29 bits per heavy atom. The third-order valence-corrected chi connectivity index (χ3v) is 2.19. The molecule has 5 heteroatoms. The van der Waals surface area contributed by atoms with Crippen molar-refractivity contribution in [2.75, 3.05) is 13.2 Å². The fourth-order valence-corrected chi connectivity index (χ4v) is 1.28. The van der Waals surface area contributed by atoms with E-state index in [2.05, 4.69) is 4.74 Å².